The molecule has 8 nitrogen and oxygen atoms in total. The molecule has 1 atom stereocenters. The Hall–Kier alpha value is -3.49. The highest BCUT2D eigenvalue weighted by molar-refractivity contribution is 6.30. The smallest absolute Gasteiger partial charge is 0.188 e. The van der Waals surface area contributed by atoms with E-state index in [0.29, 0.717) is 34.1 Å². The van der Waals surface area contributed by atoms with Crippen molar-refractivity contribution in [2.24, 2.45) is 17.9 Å². The van der Waals surface area contributed by atoms with Crippen molar-refractivity contribution in [2.45, 2.75) is 5.92 Å². The zero-order chi connectivity index (χ0) is 22.0. The van der Waals surface area contributed by atoms with Gasteiger partial charge in [0, 0.05) is 32.1 Å². The molecule has 3 aromatic heterocycles. The second-order valence-electron chi connectivity index (χ2n) is 7.05. The maximum absolute atomic E-state index is 9.18. The number of rotatable bonds is 6. The molecule has 0 saturated carbocycles. The van der Waals surface area contributed by atoms with Crippen molar-refractivity contribution in [1.82, 2.24) is 19.5 Å². The zero-order valence-corrected chi connectivity index (χ0v) is 17.8. The van der Waals surface area contributed by atoms with Crippen LogP contribution in [0, 0.1) is 0 Å². The Balaban J connectivity index is 2.00. The van der Waals surface area contributed by atoms with Gasteiger partial charge in [-0.2, -0.15) is 0 Å². The Bertz CT molecular complexity index is 1260. The van der Waals surface area contributed by atoms with Gasteiger partial charge >= 0.3 is 0 Å². The monoisotopic (exact) mass is 436 g/mol. The minimum Gasteiger partial charge on any atom is -0.409 e. The second-order valence-corrected chi connectivity index (χ2v) is 7.48. The van der Waals surface area contributed by atoms with E-state index in [9.17, 15) is 5.21 Å². The summed E-state index contributed by atoms with van der Waals surface area (Å²) in [6.07, 6.45) is 3.22. The number of halogens is 1. The van der Waals surface area contributed by atoms with Crippen LogP contribution in [0.15, 0.2) is 60.0 Å². The highest BCUT2D eigenvalue weighted by Gasteiger charge is 2.24. The predicted octanol–water partition coefficient (Wildman–Crippen LogP) is 3.56. The van der Waals surface area contributed by atoms with Gasteiger partial charge in [0.25, 0.3) is 0 Å². The molecule has 9 heteroatoms. The van der Waals surface area contributed by atoms with Gasteiger partial charge in [0.15, 0.2) is 5.84 Å². The SMILES string of the molecule is COCC(c1ccccc1)c1nc2cc(/C(N)=N/O)nc(-c3cncc(Cl)c3)c2n1C. The average Bonchev–Trinajstić information content (AvgIpc) is 3.13. The predicted molar refractivity (Wildman–Crippen MR) is 119 cm³/mol. The number of nitrogens with zero attached hydrogens (tertiary/aromatic N) is 5. The van der Waals surface area contributed by atoms with E-state index in [2.05, 4.69) is 15.1 Å². The van der Waals surface area contributed by atoms with Crippen molar-refractivity contribution >= 4 is 28.5 Å². The van der Waals surface area contributed by atoms with Gasteiger partial charge in [-0.3, -0.25) is 4.98 Å². The van der Waals surface area contributed by atoms with E-state index in [1.54, 1.807) is 31.6 Å². The van der Waals surface area contributed by atoms with Gasteiger partial charge in [-0.05, 0) is 17.7 Å². The lowest BCUT2D eigenvalue weighted by Crippen LogP contribution is -2.15. The largest absolute Gasteiger partial charge is 0.409 e. The average molecular weight is 437 g/mol. The van der Waals surface area contributed by atoms with E-state index in [4.69, 9.17) is 27.1 Å². The highest BCUT2D eigenvalue weighted by atomic mass is 35.5. The fraction of sp³-hybridized carbons (Fsp3) is 0.182. The Morgan fingerprint density at radius 2 is 2.00 bits per heavy atom. The van der Waals surface area contributed by atoms with Crippen LogP contribution in [0.5, 0.6) is 0 Å². The molecular formula is C22H21ClN6O2. The summed E-state index contributed by atoms with van der Waals surface area (Å²) < 4.78 is 7.50. The molecule has 0 fully saturated rings. The topological polar surface area (TPSA) is 111 Å². The first-order valence-electron chi connectivity index (χ1n) is 9.53. The summed E-state index contributed by atoms with van der Waals surface area (Å²) in [5, 5.41) is 12.8. The molecule has 0 aliphatic heterocycles. The number of nitrogens with two attached hydrogens (primary N) is 1. The molecule has 31 heavy (non-hydrogen) atoms. The van der Waals surface area contributed by atoms with E-state index in [1.165, 1.54) is 0 Å². The van der Waals surface area contributed by atoms with Crippen LogP contribution in [0.4, 0.5) is 0 Å². The second kappa shape index (κ2) is 8.71. The number of ether oxygens (including phenoxy) is 1. The molecule has 0 saturated heterocycles. The quantitative estimate of drug-likeness (QED) is 0.207. The van der Waals surface area contributed by atoms with Crippen molar-refractivity contribution < 1.29 is 9.94 Å². The number of benzene rings is 1. The van der Waals surface area contributed by atoms with Gasteiger partial charge in [0.05, 0.1) is 34.3 Å². The van der Waals surface area contributed by atoms with Crippen LogP contribution in [0.3, 0.4) is 0 Å². The number of aryl methyl sites for hydroxylation is 1. The third-order valence-electron chi connectivity index (χ3n) is 5.08. The first-order chi connectivity index (χ1) is 15.0. The highest BCUT2D eigenvalue weighted by Crippen LogP contribution is 2.33. The van der Waals surface area contributed by atoms with E-state index in [1.807, 2.05) is 41.9 Å². The number of amidine groups is 1. The molecule has 0 aliphatic rings. The van der Waals surface area contributed by atoms with E-state index in [0.717, 1.165) is 16.9 Å². The molecular weight excluding hydrogens is 416 g/mol. The third kappa shape index (κ3) is 3.95. The molecule has 0 spiro atoms. The lowest BCUT2D eigenvalue weighted by molar-refractivity contribution is 0.186. The minimum absolute atomic E-state index is 0.0961. The summed E-state index contributed by atoms with van der Waals surface area (Å²) >= 11 is 6.17. The molecule has 1 unspecified atom stereocenters. The molecule has 158 valence electrons. The first kappa shape index (κ1) is 20.8. The van der Waals surface area contributed by atoms with Crippen molar-refractivity contribution in [3.8, 4) is 11.3 Å². The molecule has 3 N–H and O–H groups in total. The normalized spacial score (nSPS) is 12.9. The molecule has 0 amide bonds. The lowest BCUT2D eigenvalue weighted by atomic mass is 9.99. The molecule has 1 aromatic carbocycles. The number of oxime groups is 1. The summed E-state index contributed by atoms with van der Waals surface area (Å²) in [6.45, 7) is 0.454. The maximum atomic E-state index is 9.18. The van der Waals surface area contributed by atoms with Crippen molar-refractivity contribution in [3.63, 3.8) is 0 Å². The van der Waals surface area contributed by atoms with Crippen LogP contribution in [-0.4, -0.2) is 44.3 Å². The van der Waals surface area contributed by atoms with Crippen LogP contribution in [0.25, 0.3) is 22.3 Å². The standard InChI is InChI=1S/C22H21ClN6O2/c1-29-20-17(27-22(29)16(12-31-2)13-6-4-3-5-7-13)9-18(21(24)28-30)26-19(20)14-8-15(23)11-25-10-14/h3-11,16,30H,12H2,1-2H3,(H2,24,28). The van der Waals surface area contributed by atoms with Gasteiger partial charge in [0.1, 0.15) is 11.5 Å². The number of fused-ring (bicyclic) bond motifs is 1. The first-order valence-corrected chi connectivity index (χ1v) is 9.91. The molecule has 4 rings (SSSR count). The Kier molecular flexibility index (Phi) is 5.83. The van der Waals surface area contributed by atoms with Crippen LogP contribution in [-0.2, 0) is 11.8 Å². The number of methoxy groups -OCH3 is 1. The number of hydrogen-bond donors (Lipinski definition) is 2. The maximum Gasteiger partial charge on any atom is 0.188 e. The van der Waals surface area contributed by atoms with Crippen molar-refractivity contribution in [3.05, 3.63) is 77.0 Å². The Morgan fingerprint density at radius 3 is 2.68 bits per heavy atom. The van der Waals surface area contributed by atoms with Crippen LogP contribution >= 0.6 is 11.6 Å². The summed E-state index contributed by atoms with van der Waals surface area (Å²) in [5.74, 6) is 0.598. The molecule has 3 heterocycles. The molecule has 4 aromatic rings. The summed E-state index contributed by atoms with van der Waals surface area (Å²) in [7, 11) is 3.60. The Labute approximate surface area is 184 Å². The number of hydrogen-bond acceptors (Lipinski definition) is 6. The minimum atomic E-state index is -0.109. The van der Waals surface area contributed by atoms with Crippen LogP contribution < -0.4 is 5.73 Å². The van der Waals surface area contributed by atoms with Gasteiger partial charge in [-0.25, -0.2) is 9.97 Å². The third-order valence-corrected chi connectivity index (χ3v) is 5.29. The summed E-state index contributed by atoms with van der Waals surface area (Å²) in [6, 6.07) is 13.5. The van der Waals surface area contributed by atoms with Gasteiger partial charge in [-0.1, -0.05) is 47.1 Å². The van der Waals surface area contributed by atoms with Crippen LogP contribution in [0.2, 0.25) is 5.02 Å². The van der Waals surface area contributed by atoms with E-state index in [-0.39, 0.29) is 11.8 Å². The molecule has 0 aliphatic carbocycles. The zero-order valence-electron chi connectivity index (χ0n) is 17.0. The fourth-order valence-electron chi connectivity index (χ4n) is 3.66. The number of aromatic nitrogens is 4. The summed E-state index contributed by atoms with van der Waals surface area (Å²) in [4.78, 5) is 13.7. The van der Waals surface area contributed by atoms with Crippen molar-refractivity contribution in [2.75, 3.05) is 13.7 Å². The number of pyridine rings is 2. The van der Waals surface area contributed by atoms with Crippen molar-refractivity contribution in [1.29, 1.82) is 0 Å². The van der Waals surface area contributed by atoms with Crippen LogP contribution in [0.1, 0.15) is 23.0 Å². The Morgan fingerprint density at radius 1 is 1.23 bits per heavy atom. The molecule has 0 bridgehead atoms. The molecule has 0 radical (unpaired) electrons. The number of imidazole rings is 1. The summed E-state index contributed by atoms with van der Waals surface area (Å²) in [5.41, 5.74) is 9.95. The van der Waals surface area contributed by atoms with Gasteiger partial charge in [-0.15, -0.1) is 0 Å². The van der Waals surface area contributed by atoms with E-state index < -0.39 is 0 Å². The van der Waals surface area contributed by atoms with E-state index >= 15 is 0 Å². The van der Waals surface area contributed by atoms with Gasteiger partial charge in [0.2, 0.25) is 0 Å². The van der Waals surface area contributed by atoms with Gasteiger partial charge < -0.3 is 20.2 Å². The lowest BCUT2D eigenvalue weighted by Gasteiger charge is -2.16. The fourth-order valence-corrected chi connectivity index (χ4v) is 3.84.